The molecule has 1 saturated carbocycles. The zero-order chi connectivity index (χ0) is 20.5. The highest BCUT2D eigenvalue weighted by Crippen LogP contribution is 2.28. The first-order valence-electron chi connectivity index (χ1n) is 10.7. The number of benzene rings is 1. The third-order valence-electron chi connectivity index (χ3n) is 5.80. The molecule has 0 radical (unpaired) electrons. The number of thioether (sulfide) groups is 1. The van der Waals surface area contributed by atoms with Crippen LogP contribution in [-0.4, -0.2) is 41.7 Å². The number of rotatable bonds is 9. The zero-order valence-corrected chi connectivity index (χ0v) is 20.1. The molecule has 5 nitrogen and oxygen atoms in total. The molecule has 1 aromatic carbocycles. The molecule has 1 amide bonds. The summed E-state index contributed by atoms with van der Waals surface area (Å²) >= 11 is 7.37. The van der Waals surface area contributed by atoms with Crippen molar-refractivity contribution in [2.75, 3.05) is 19.4 Å². The maximum absolute atomic E-state index is 12.7. The zero-order valence-electron chi connectivity index (χ0n) is 17.7. The van der Waals surface area contributed by atoms with Crippen LogP contribution in [0, 0.1) is 5.92 Å². The molecule has 0 spiro atoms. The predicted octanol–water partition coefficient (Wildman–Crippen LogP) is 4.04. The minimum Gasteiger partial charge on any atom is -0.497 e. The summed E-state index contributed by atoms with van der Waals surface area (Å²) in [6.07, 6.45) is 8.69. The Labute approximate surface area is 196 Å². The van der Waals surface area contributed by atoms with E-state index in [1.807, 2.05) is 24.3 Å². The summed E-state index contributed by atoms with van der Waals surface area (Å²) in [4.78, 5) is 13.4. The van der Waals surface area contributed by atoms with Crippen LogP contribution in [0.25, 0.3) is 0 Å². The van der Waals surface area contributed by atoms with Gasteiger partial charge in [-0.25, -0.2) is 0 Å². The third kappa shape index (κ3) is 7.91. The van der Waals surface area contributed by atoms with Gasteiger partial charge in [-0.15, -0.1) is 24.2 Å². The lowest BCUT2D eigenvalue weighted by atomic mass is 9.85. The SMILES string of the molecule is COc1ccc(CNC(=S)[C@@H](CCC2CCCCC2)NC(=O)[C@H]2NCCS2)cc1.Cl. The van der Waals surface area contributed by atoms with Crippen molar-refractivity contribution in [2.24, 2.45) is 5.92 Å². The van der Waals surface area contributed by atoms with Crippen LogP contribution >= 0.6 is 36.4 Å². The van der Waals surface area contributed by atoms with Crippen molar-refractivity contribution < 1.29 is 9.53 Å². The number of hydrogen-bond acceptors (Lipinski definition) is 5. The van der Waals surface area contributed by atoms with Crippen molar-refractivity contribution >= 4 is 47.3 Å². The smallest absolute Gasteiger partial charge is 0.248 e. The highest BCUT2D eigenvalue weighted by Gasteiger charge is 2.27. The Bertz CT molecular complexity index is 663. The van der Waals surface area contributed by atoms with E-state index in [9.17, 15) is 4.79 Å². The van der Waals surface area contributed by atoms with Crippen LogP contribution in [0.5, 0.6) is 5.75 Å². The number of nitrogens with one attached hydrogen (secondary N) is 3. The Morgan fingerprint density at radius 2 is 2.00 bits per heavy atom. The van der Waals surface area contributed by atoms with Gasteiger partial charge in [0, 0.05) is 18.8 Å². The van der Waals surface area contributed by atoms with Gasteiger partial charge in [0.05, 0.1) is 18.1 Å². The molecule has 168 valence electrons. The molecule has 8 heteroatoms. The first-order valence-corrected chi connectivity index (χ1v) is 12.2. The van der Waals surface area contributed by atoms with Gasteiger partial charge in [0.2, 0.25) is 5.91 Å². The van der Waals surface area contributed by atoms with E-state index in [1.54, 1.807) is 18.9 Å². The minimum atomic E-state index is -0.156. The Hall–Kier alpha value is -1.02. The Kier molecular flexibility index (Phi) is 11.3. The maximum atomic E-state index is 12.7. The van der Waals surface area contributed by atoms with E-state index in [1.165, 1.54) is 32.1 Å². The number of thiocarbonyl (C=S) groups is 1. The normalized spacial score (nSPS) is 20.1. The van der Waals surface area contributed by atoms with Crippen molar-refractivity contribution in [1.29, 1.82) is 0 Å². The van der Waals surface area contributed by atoms with Crippen LogP contribution in [0.4, 0.5) is 0 Å². The molecule has 1 aromatic rings. The van der Waals surface area contributed by atoms with E-state index < -0.39 is 0 Å². The quantitative estimate of drug-likeness (QED) is 0.472. The van der Waals surface area contributed by atoms with Gasteiger partial charge in [0.15, 0.2) is 0 Å². The second kappa shape index (κ2) is 13.4. The lowest BCUT2D eigenvalue weighted by Crippen LogP contribution is -2.50. The molecule has 1 aliphatic carbocycles. The lowest BCUT2D eigenvalue weighted by molar-refractivity contribution is -0.121. The van der Waals surface area contributed by atoms with E-state index in [2.05, 4.69) is 16.0 Å². The molecule has 1 aliphatic heterocycles. The average molecular weight is 472 g/mol. The molecule has 2 fully saturated rings. The van der Waals surface area contributed by atoms with Gasteiger partial charge >= 0.3 is 0 Å². The monoisotopic (exact) mass is 471 g/mol. The van der Waals surface area contributed by atoms with Gasteiger partial charge in [-0.3, -0.25) is 10.1 Å². The van der Waals surface area contributed by atoms with Crippen LogP contribution < -0.4 is 20.7 Å². The summed E-state index contributed by atoms with van der Waals surface area (Å²) in [5.41, 5.74) is 1.14. The van der Waals surface area contributed by atoms with Crippen molar-refractivity contribution in [3.63, 3.8) is 0 Å². The van der Waals surface area contributed by atoms with Gasteiger partial charge < -0.3 is 15.4 Å². The number of halogens is 1. The van der Waals surface area contributed by atoms with Gasteiger partial charge in [-0.05, 0) is 36.5 Å². The highest BCUT2D eigenvalue weighted by molar-refractivity contribution is 8.00. The lowest BCUT2D eigenvalue weighted by Gasteiger charge is -2.26. The summed E-state index contributed by atoms with van der Waals surface area (Å²) in [6.45, 7) is 1.53. The van der Waals surface area contributed by atoms with Crippen molar-refractivity contribution in [2.45, 2.75) is 62.9 Å². The van der Waals surface area contributed by atoms with E-state index >= 15 is 0 Å². The number of amides is 1. The number of ether oxygens (including phenoxy) is 1. The van der Waals surface area contributed by atoms with Crippen LogP contribution in [-0.2, 0) is 11.3 Å². The molecule has 1 saturated heterocycles. The van der Waals surface area contributed by atoms with Crippen LogP contribution in [0.2, 0.25) is 0 Å². The van der Waals surface area contributed by atoms with Crippen LogP contribution in [0.15, 0.2) is 24.3 Å². The largest absolute Gasteiger partial charge is 0.497 e. The predicted molar refractivity (Wildman–Crippen MR) is 132 cm³/mol. The molecule has 0 bridgehead atoms. The second-order valence-corrected chi connectivity index (χ2v) is 9.57. The van der Waals surface area contributed by atoms with Crippen LogP contribution in [0.3, 0.4) is 0 Å². The van der Waals surface area contributed by atoms with Gasteiger partial charge in [0.1, 0.15) is 11.1 Å². The van der Waals surface area contributed by atoms with Crippen molar-refractivity contribution in [3.8, 4) is 5.75 Å². The minimum absolute atomic E-state index is 0. The standard InChI is InChI=1S/C22H33N3O2S2.ClH/c1-27-18-10-7-17(8-11-18)15-24-21(28)19(12-9-16-5-3-2-4-6-16)25-20(26)22-23-13-14-29-22;/h7-8,10-11,16,19,22-23H,2-6,9,12-15H2,1H3,(H,24,28)(H,25,26);1H/t19-,22+;/m1./s1. The Morgan fingerprint density at radius 3 is 2.63 bits per heavy atom. The molecule has 0 aromatic heterocycles. The number of hydrogen-bond donors (Lipinski definition) is 3. The fraction of sp³-hybridized carbons (Fsp3) is 0.636. The summed E-state index contributed by atoms with van der Waals surface area (Å²) in [5.74, 6) is 2.64. The number of carbonyl (C=O) groups excluding carboxylic acids is 1. The summed E-state index contributed by atoms with van der Waals surface area (Å²) in [6, 6.07) is 7.85. The number of methoxy groups -OCH3 is 1. The molecule has 2 aliphatic rings. The Morgan fingerprint density at radius 1 is 1.27 bits per heavy atom. The fourth-order valence-corrected chi connectivity index (χ4v) is 5.22. The molecule has 3 N–H and O–H groups in total. The topological polar surface area (TPSA) is 62.4 Å². The summed E-state index contributed by atoms with van der Waals surface area (Å²) in [7, 11) is 1.67. The molecule has 1 heterocycles. The molecule has 2 atom stereocenters. The first-order chi connectivity index (χ1) is 14.2. The van der Waals surface area contributed by atoms with Gasteiger partial charge in [-0.2, -0.15) is 0 Å². The van der Waals surface area contributed by atoms with E-state index in [4.69, 9.17) is 17.0 Å². The summed E-state index contributed by atoms with van der Waals surface area (Å²) in [5, 5.41) is 9.67. The highest BCUT2D eigenvalue weighted by atomic mass is 35.5. The van der Waals surface area contributed by atoms with Gasteiger partial charge in [0.25, 0.3) is 0 Å². The van der Waals surface area contributed by atoms with E-state index in [0.29, 0.717) is 6.54 Å². The van der Waals surface area contributed by atoms with Crippen molar-refractivity contribution in [1.82, 2.24) is 16.0 Å². The van der Waals surface area contributed by atoms with Crippen molar-refractivity contribution in [3.05, 3.63) is 29.8 Å². The van der Waals surface area contributed by atoms with Gasteiger partial charge in [-0.1, -0.05) is 56.5 Å². The fourth-order valence-electron chi connectivity index (χ4n) is 4.04. The Balaban J connectivity index is 0.00000320. The van der Waals surface area contributed by atoms with Crippen LogP contribution in [0.1, 0.15) is 50.5 Å². The average Bonchev–Trinajstić information content (AvgIpc) is 3.31. The first kappa shape index (κ1) is 25.2. The van der Waals surface area contributed by atoms with E-state index in [-0.39, 0.29) is 29.7 Å². The van der Waals surface area contributed by atoms with E-state index in [0.717, 1.165) is 47.4 Å². The number of carbonyl (C=O) groups is 1. The molecular formula is C22H34ClN3O2S2. The molecular weight excluding hydrogens is 438 g/mol. The third-order valence-corrected chi connectivity index (χ3v) is 7.38. The molecule has 30 heavy (non-hydrogen) atoms. The molecule has 3 rings (SSSR count). The maximum Gasteiger partial charge on any atom is 0.248 e. The molecule has 0 unspecified atom stereocenters. The summed E-state index contributed by atoms with van der Waals surface area (Å²) < 4.78 is 5.21. The second-order valence-electron chi connectivity index (χ2n) is 7.91.